The summed E-state index contributed by atoms with van der Waals surface area (Å²) in [7, 11) is 1.61. The van der Waals surface area contributed by atoms with E-state index in [2.05, 4.69) is 36.5 Å². The van der Waals surface area contributed by atoms with Crippen molar-refractivity contribution >= 4 is 5.91 Å². The van der Waals surface area contributed by atoms with Gasteiger partial charge in [-0.3, -0.25) is 4.79 Å². The predicted octanol–water partition coefficient (Wildman–Crippen LogP) is 3.75. The van der Waals surface area contributed by atoms with Crippen molar-refractivity contribution in [1.82, 2.24) is 5.32 Å². The summed E-state index contributed by atoms with van der Waals surface area (Å²) >= 11 is 0. The van der Waals surface area contributed by atoms with Gasteiger partial charge in [-0.25, -0.2) is 0 Å². The quantitative estimate of drug-likeness (QED) is 0.907. The number of carbonyl (C=O) groups excluding carboxylic acids is 1. The maximum Gasteiger partial charge on any atom is 0.251 e. The van der Waals surface area contributed by atoms with Crippen molar-refractivity contribution in [2.75, 3.05) is 7.11 Å². The molecule has 3 nitrogen and oxygen atoms in total. The van der Waals surface area contributed by atoms with Crippen LogP contribution < -0.4 is 10.1 Å². The number of ether oxygens (including phenoxy) is 1. The van der Waals surface area contributed by atoms with E-state index in [1.165, 1.54) is 5.56 Å². The van der Waals surface area contributed by atoms with Crippen LogP contribution in [0, 0.1) is 0 Å². The first-order valence-electron chi connectivity index (χ1n) is 7.17. The van der Waals surface area contributed by atoms with Crippen LogP contribution in [0.15, 0.2) is 48.5 Å². The highest BCUT2D eigenvalue weighted by Crippen LogP contribution is 2.16. The third-order valence-corrected chi connectivity index (χ3v) is 3.59. The lowest BCUT2D eigenvalue weighted by molar-refractivity contribution is 0.0940. The fourth-order valence-electron chi connectivity index (χ4n) is 2.15. The highest BCUT2D eigenvalue weighted by atomic mass is 16.5. The lowest BCUT2D eigenvalue weighted by Gasteiger charge is -2.15. The molecule has 0 saturated carbocycles. The second-order valence-electron chi connectivity index (χ2n) is 5.02. The van der Waals surface area contributed by atoms with Gasteiger partial charge in [0.2, 0.25) is 0 Å². The van der Waals surface area contributed by atoms with Gasteiger partial charge in [0.1, 0.15) is 5.75 Å². The molecule has 0 aliphatic heterocycles. The Hall–Kier alpha value is -2.29. The average Bonchev–Trinajstić information content (AvgIpc) is 2.55. The molecular weight excluding hydrogens is 262 g/mol. The fraction of sp³-hybridized carbons (Fsp3) is 0.278. The standard InChI is InChI=1S/C18H21NO2/c1-4-14-5-7-15(8-6-14)13(2)19-18(20)16-9-11-17(21-3)12-10-16/h5-13H,4H2,1-3H3,(H,19,20)/t13-/m1/s1. The summed E-state index contributed by atoms with van der Waals surface area (Å²) in [5, 5.41) is 3.01. The maximum atomic E-state index is 12.2. The van der Waals surface area contributed by atoms with Crippen LogP contribution in [0.1, 0.15) is 41.4 Å². The van der Waals surface area contributed by atoms with E-state index in [1.54, 1.807) is 31.4 Å². The minimum absolute atomic E-state index is 0.0227. The Morgan fingerprint density at radius 1 is 1.10 bits per heavy atom. The Bertz CT molecular complexity index is 588. The van der Waals surface area contributed by atoms with Gasteiger partial charge in [0, 0.05) is 5.56 Å². The van der Waals surface area contributed by atoms with Crippen molar-refractivity contribution < 1.29 is 9.53 Å². The normalized spacial score (nSPS) is 11.8. The molecule has 0 aliphatic carbocycles. The van der Waals surface area contributed by atoms with Crippen LogP contribution in [0.4, 0.5) is 0 Å². The first-order chi connectivity index (χ1) is 10.1. The zero-order valence-corrected chi connectivity index (χ0v) is 12.7. The van der Waals surface area contributed by atoms with E-state index in [-0.39, 0.29) is 11.9 Å². The van der Waals surface area contributed by atoms with Crippen molar-refractivity contribution in [2.24, 2.45) is 0 Å². The van der Waals surface area contributed by atoms with E-state index >= 15 is 0 Å². The van der Waals surface area contributed by atoms with Crippen LogP contribution in [0.3, 0.4) is 0 Å². The molecule has 21 heavy (non-hydrogen) atoms. The molecule has 0 saturated heterocycles. The monoisotopic (exact) mass is 283 g/mol. The molecule has 0 aliphatic rings. The van der Waals surface area contributed by atoms with Crippen molar-refractivity contribution in [3.8, 4) is 5.75 Å². The molecule has 0 spiro atoms. The van der Waals surface area contributed by atoms with Gasteiger partial charge in [0.15, 0.2) is 0 Å². The zero-order valence-electron chi connectivity index (χ0n) is 12.7. The summed E-state index contributed by atoms with van der Waals surface area (Å²) in [4.78, 5) is 12.2. The molecule has 0 aromatic heterocycles. The molecule has 2 aromatic carbocycles. The van der Waals surface area contributed by atoms with Crippen molar-refractivity contribution in [2.45, 2.75) is 26.3 Å². The van der Waals surface area contributed by atoms with Crippen molar-refractivity contribution in [3.05, 3.63) is 65.2 Å². The van der Waals surface area contributed by atoms with E-state index in [1.807, 2.05) is 6.92 Å². The van der Waals surface area contributed by atoms with Gasteiger partial charge in [-0.15, -0.1) is 0 Å². The minimum atomic E-state index is -0.0790. The SMILES string of the molecule is CCc1ccc([C@@H](C)NC(=O)c2ccc(OC)cc2)cc1. The van der Waals surface area contributed by atoms with Gasteiger partial charge in [-0.2, -0.15) is 0 Å². The number of rotatable bonds is 5. The van der Waals surface area contributed by atoms with E-state index in [9.17, 15) is 4.79 Å². The fourth-order valence-corrected chi connectivity index (χ4v) is 2.15. The smallest absolute Gasteiger partial charge is 0.251 e. The van der Waals surface area contributed by atoms with E-state index in [0.717, 1.165) is 17.7 Å². The molecule has 0 fully saturated rings. The molecule has 2 rings (SSSR count). The molecule has 110 valence electrons. The molecule has 0 unspecified atom stereocenters. The summed E-state index contributed by atoms with van der Waals surface area (Å²) < 4.78 is 5.09. The highest BCUT2D eigenvalue weighted by Gasteiger charge is 2.11. The molecule has 3 heteroatoms. The summed E-state index contributed by atoms with van der Waals surface area (Å²) in [6.07, 6.45) is 1.02. The summed E-state index contributed by atoms with van der Waals surface area (Å²) in [5.41, 5.74) is 3.04. The second-order valence-corrected chi connectivity index (χ2v) is 5.02. The van der Waals surface area contributed by atoms with Crippen LogP contribution in [-0.4, -0.2) is 13.0 Å². The summed E-state index contributed by atoms with van der Waals surface area (Å²) in [5.74, 6) is 0.666. The minimum Gasteiger partial charge on any atom is -0.497 e. The van der Waals surface area contributed by atoms with Crippen LogP contribution in [-0.2, 0) is 6.42 Å². The largest absolute Gasteiger partial charge is 0.497 e. The van der Waals surface area contributed by atoms with Crippen LogP contribution in [0.2, 0.25) is 0 Å². The maximum absolute atomic E-state index is 12.2. The summed E-state index contributed by atoms with van der Waals surface area (Å²) in [6, 6.07) is 15.4. The first kappa shape index (κ1) is 15.1. The van der Waals surface area contributed by atoms with E-state index in [0.29, 0.717) is 5.56 Å². The Labute approximate surface area is 126 Å². The van der Waals surface area contributed by atoms with E-state index < -0.39 is 0 Å². The number of benzene rings is 2. The Morgan fingerprint density at radius 2 is 1.71 bits per heavy atom. The number of nitrogens with one attached hydrogen (secondary N) is 1. The molecule has 0 bridgehead atoms. The number of aryl methyl sites for hydroxylation is 1. The second kappa shape index (κ2) is 6.93. The lowest BCUT2D eigenvalue weighted by Crippen LogP contribution is -2.26. The van der Waals surface area contributed by atoms with Gasteiger partial charge in [-0.1, -0.05) is 31.2 Å². The molecule has 1 N–H and O–H groups in total. The van der Waals surface area contributed by atoms with Crippen molar-refractivity contribution in [3.63, 3.8) is 0 Å². The third-order valence-electron chi connectivity index (χ3n) is 3.59. The van der Waals surface area contributed by atoms with Crippen LogP contribution in [0.25, 0.3) is 0 Å². The van der Waals surface area contributed by atoms with Gasteiger partial charge in [0.05, 0.1) is 13.2 Å². The van der Waals surface area contributed by atoms with Gasteiger partial charge < -0.3 is 10.1 Å². The first-order valence-corrected chi connectivity index (χ1v) is 7.17. The zero-order chi connectivity index (χ0) is 15.2. The number of hydrogen-bond acceptors (Lipinski definition) is 2. The molecular formula is C18H21NO2. The Kier molecular flexibility index (Phi) is 4.99. The predicted molar refractivity (Wildman–Crippen MR) is 84.7 cm³/mol. The number of amides is 1. The molecule has 2 aromatic rings. The number of hydrogen-bond donors (Lipinski definition) is 1. The number of carbonyl (C=O) groups is 1. The van der Waals surface area contributed by atoms with Crippen molar-refractivity contribution in [1.29, 1.82) is 0 Å². The molecule has 0 radical (unpaired) electrons. The van der Waals surface area contributed by atoms with Gasteiger partial charge in [-0.05, 0) is 48.7 Å². The average molecular weight is 283 g/mol. The third kappa shape index (κ3) is 3.85. The molecule has 1 amide bonds. The Balaban J connectivity index is 2.03. The Morgan fingerprint density at radius 3 is 2.24 bits per heavy atom. The highest BCUT2D eigenvalue weighted by molar-refractivity contribution is 5.94. The molecule has 0 heterocycles. The van der Waals surface area contributed by atoms with Crippen LogP contribution >= 0.6 is 0 Å². The van der Waals surface area contributed by atoms with Gasteiger partial charge in [0.25, 0.3) is 5.91 Å². The molecule has 1 atom stereocenters. The number of methoxy groups -OCH3 is 1. The van der Waals surface area contributed by atoms with Gasteiger partial charge >= 0.3 is 0 Å². The van der Waals surface area contributed by atoms with E-state index in [4.69, 9.17) is 4.74 Å². The topological polar surface area (TPSA) is 38.3 Å². The van der Waals surface area contributed by atoms with Crippen LogP contribution in [0.5, 0.6) is 5.75 Å². The lowest BCUT2D eigenvalue weighted by atomic mass is 10.0. The summed E-state index contributed by atoms with van der Waals surface area (Å²) in [6.45, 7) is 4.12.